The summed E-state index contributed by atoms with van der Waals surface area (Å²) in [6.45, 7) is 5.34. The van der Waals surface area contributed by atoms with Crippen molar-refractivity contribution in [1.82, 2.24) is 20.0 Å². The van der Waals surface area contributed by atoms with Crippen LogP contribution in [0.2, 0.25) is 0 Å². The van der Waals surface area contributed by atoms with Gasteiger partial charge in [-0.1, -0.05) is 18.2 Å². The second-order valence-electron chi connectivity index (χ2n) is 7.04. The zero-order chi connectivity index (χ0) is 23.5. The van der Waals surface area contributed by atoms with E-state index in [1.165, 1.54) is 28.9 Å². The minimum atomic E-state index is -4.14. The third-order valence-electron chi connectivity index (χ3n) is 4.51. The Morgan fingerprint density at radius 2 is 1.69 bits per heavy atom. The molecule has 168 valence electrons. The average molecular weight is 458 g/mol. The molecule has 1 heterocycles. The van der Waals surface area contributed by atoms with Gasteiger partial charge in [-0.3, -0.25) is 15.0 Å². The van der Waals surface area contributed by atoms with Crippen LogP contribution >= 0.6 is 0 Å². The number of amides is 1. The first-order valence-electron chi connectivity index (χ1n) is 9.76. The van der Waals surface area contributed by atoms with Gasteiger partial charge in [-0.15, -0.1) is 4.83 Å². The number of esters is 1. The van der Waals surface area contributed by atoms with Gasteiger partial charge in [0.1, 0.15) is 0 Å². The van der Waals surface area contributed by atoms with Crippen LogP contribution in [0.15, 0.2) is 58.2 Å². The van der Waals surface area contributed by atoms with Gasteiger partial charge in [-0.2, -0.15) is 5.10 Å². The van der Waals surface area contributed by atoms with E-state index in [1.807, 2.05) is 4.83 Å². The van der Waals surface area contributed by atoms with Crippen LogP contribution in [0.5, 0.6) is 0 Å². The largest absolute Gasteiger partial charge is 0.462 e. The van der Waals surface area contributed by atoms with Crippen molar-refractivity contribution in [3.63, 3.8) is 0 Å². The molecule has 0 fully saturated rings. The zero-order valence-corrected chi connectivity index (χ0v) is 18.5. The molecule has 0 atom stereocenters. The predicted molar refractivity (Wildman–Crippen MR) is 117 cm³/mol. The Kier molecular flexibility index (Phi) is 6.70. The normalized spacial score (nSPS) is 11.5. The standard InChI is InChI=1S/C21H22N4O6S/c1-4-31-21(28)14-9-11-15(12-10-14)32(29,30)24-22-19(26)18-16-7-5-6-8-17(16)20(27)25(23-18)13(2)3/h5-13,24H,4H2,1-3H3,(H,22,26). The SMILES string of the molecule is CCOC(=O)c1ccc(S(=O)(=O)NNC(=O)c2nn(C(C)C)c(=O)c3ccccc23)cc1. The molecule has 0 unspecified atom stereocenters. The summed E-state index contributed by atoms with van der Waals surface area (Å²) in [6, 6.07) is 11.2. The molecule has 32 heavy (non-hydrogen) atoms. The summed E-state index contributed by atoms with van der Waals surface area (Å²) < 4.78 is 31.1. The third kappa shape index (κ3) is 4.68. The van der Waals surface area contributed by atoms with Crippen LogP contribution in [-0.2, 0) is 14.8 Å². The van der Waals surface area contributed by atoms with Crippen molar-refractivity contribution in [2.75, 3.05) is 6.61 Å². The molecule has 1 amide bonds. The van der Waals surface area contributed by atoms with Gasteiger partial charge < -0.3 is 4.74 Å². The van der Waals surface area contributed by atoms with Crippen molar-refractivity contribution in [2.24, 2.45) is 0 Å². The Morgan fingerprint density at radius 1 is 1.06 bits per heavy atom. The van der Waals surface area contributed by atoms with Gasteiger partial charge in [0.2, 0.25) is 0 Å². The Labute approximate surface area is 184 Å². The van der Waals surface area contributed by atoms with E-state index in [4.69, 9.17) is 4.74 Å². The van der Waals surface area contributed by atoms with Gasteiger partial charge in [0, 0.05) is 5.39 Å². The number of nitrogens with one attached hydrogen (secondary N) is 2. The molecule has 0 saturated carbocycles. The van der Waals surface area contributed by atoms with E-state index in [1.54, 1.807) is 45.0 Å². The minimum absolute atomic E-state index is 0.103. The summed E-state index contributed by atoms with van der Waals surface area (Å²) in [5, 5.41) is 4.71. The second kappa shape index (κ2) is 9.28. The molecular weight excluding hydrogens is 436 g/mol. The lowest BCUT2D eigenvalue weighted by Gasteiger charge is -2.14. The summed E-state index contributed by atoms with van der Waals surface area (Å²) in [6.07, 6.45) is 0. The lowest BCUT2D eigenvalue weighted by molar-refractivity contribution is 0.0526. The minimum Gasteiger partial charge on any atom is -0.462 e. The number of benzene rings is 2. The van der Waals surface area contributed by atoms with Crippen LogP contribution in [-0.4, -0.2) is 36.7 Å². The number of sulfonamides is 1. The molecule has 11 heteroatoms. The van der Waals surface area contributed by atoms with Crippen LogP contribution < -0.4 is 15.8 Å². The van der Waals surface area contributed by atoms with Crippen LogP contribution in [0.3, 0.4) is 0 Å². The number of hydrogen-bond acceptors (Lipinski definition) is 7. The van der Waals surface area contributed by atoms with Crippen molar-refractivity contribution in [2.45, 2.75) is 31.7 Å². The molecule has 3 rings (SSSR count). The molecule has 0 aliphatic carbocycles. The molecule has 0 spiro atoms. The molecule has 0 aliphatic rings. The maximum atomic E-state index is 12.8. The molecule has 2 N–H and O–H groups in total. The average Bonchev–Trinajstić information content (AvgIpc) is 2.78. The number of rotatable bonds is 7. The molecule has 2 aromatic carbocycles. The molecule has 0 bridgehead atoms. The number of hydrogen-bond donors (Lipinski definition) is 2. The number of carbonyl (C=O) groups is 2. The number of nitrogens with zero attached hydrogens (tertiary/aromatic N) is 2. The fourth-order valence-electron chi connectivity index (χ4n) is 2.94. The first-order valence-corrected chi connectivity index (χ1v) is 11.2. The van der Waals surface area contributed by atoms with E-state index < -0.39 is 21.9 Å². The molecule has 0 aliphatic heterocycles. The van der Waals surface area contributed by atoms with Crippen LogP contribution in [0.25, 0.3) is 10.8 Å². The van der Waals surface area contributed by atoms with Crippen molar-refractivity contribution in [1.29, 1.82) is 0 Å². The molecule has 0 saturated heterocycles. The summed E-state index contributed by atoms with van der Waals surface area (Å²) in [4.78, 5) is 38.9. The van der Waals surface area contributed by atoms with E-state index in [-0.39, 0.29) is 34.4 Å². The Morgan fingerprint density at radius 3 is 2.28 bits per heavy atom. The summed E-state index contributed by atoms with van der Waals surface area (Å²) in [5.41, 5.74) is 1.87. The van der Waals surface area contributed by atoms with Gasteiger partial charge in [-0.25, -0.2) is 17.9 Å². The quantitative estimate of drug-likeness (QED) is 0.407. The maximum absolute atomic E-state index is 12.8. The van der Waals surface area contributed by atoms with Gasteiger partial charge in [0.25, 0.3) is 21.5 Å². The number of carbonyl (C=O) groups excluding carboxylic acids is 2. The van der Waals surface area contributed by atoms with Crippen molar-refractivity contribution in [3.8, 4) is 0 Å². The van der Waals surface area contributed by atoms with E-state index >= 15 is 0 Å². The highest BCUT2D eigenvalue weighted by Crippen LogP contribution is 2.15. The van der Waals surface area contributed by atoms with E-state index in [9.17, 15) is 22.8 Å². The van der Waals surface area contributed by atoms with Crippen molar-refractivity contribution >= 4 is 32.7 Å². The zero-order valence-electron chi connectivity index (χ0n) is 17.7. The predicted octanol–water partition coefficient (Wildman–Crippen LogP) is 1.78. The van der Waals surface area contributed by atoms with Gasteiger partial charge in [0.05, 0.1) is 28.5 Å². The second-order valence-corrected chi connectivity index (χ2v) is 8.72. The van der Waals surface area contributed by atoms with Gasteiger partial charge in [0.15, 0.2) is 5.69 Å². The molecule has 0 radical (unpaired) electrons. The number of aromatic nitrogens is 2. The van der Waals surface area contributed by atoms with Crippen LogP contribution in [0.4, 0.5) is 0 Å². The van der Waals surface area contributed by atoms with E-state index in [0.29, 0.717) is 10.8 Å². The Hall–Kier alpha value is -3.57. The monoisotopic (exact) mass is 458 g/mol. The Bertz CT molecular complexity index is 1330. The lowest BCUT2D eigenvalue weighted by Crippen LogP contribution is -2.42. The van der Waals surface area contributed by atoms with E-state index in [2.05, 4.69) is 10.5 Å². The first-order chi connectivity index (χ1) is 15.2. The van der Waals surface area contributed by atoms with Crippen LogP contribution in [0.1, 0.15) is 47.7 Å². The summed E-state index contributed by atoms with van der Waals surface area (Å²) >= 11 is 0. The first kappa shape index (κ1) is 23.1. The number of fused-ring (bicyclic) bond motifs is 1. The molecule has 10 nitrogen and oxygen atoms in total. The van der Waals surface area contributed by atoms with E-state index in [0.717, 1.165) is 0 Å². The smallest absolute Gasteiger partial charge is 0.338 e. The summed E-state index contributed by atoms with van der Waals surface area (Å²) in [5.74, 6) is -1.40. The van der Waals surface area contributed by atoms with Gasteiger partial charge >= 0.3 is 5.97 Å². The topological polar surface area (TPSA) is 136 Å². The fourth-order valence-corrected chi connectivity index (χ4v) is 3.78. The highest BCUT2D eigenvalue weighted by molar-refractivity contribution is 7.89. The molecular formula is C21H22N4O6S. The fraction of sp³-hybridized carbons (Fsp3) is 0.238. The van der Waals surface area contributed by atoms with Gasteiger partial charge in [-0.05, 0) is 51.1 Å². The molecule has 3 aromatic rings. The summed E-state index contributed by atoms with van der Waals surface area (Å²) in [7, 11) is -4.14. The van der Waals surface area contributed by atoms with Crippen LogP contribution in [0, 0.1) is 0 Å². The maximum Gasteiger partial charge on any atom is 0.338 e. The number of hydrazine groups is 1. The Balaban J connectivity index is 1.85. The molecule has 1 aromatic heterocycles. The van der Waals surface area contributed by atoms with Crippen molar-refractivity contribution in [3.05, 3.63) is 70.1 Å². The highest BCUT2D eigenvalue weighted by atomic mass is 32.2. The number of ether oxygens (including phenoxy) is 1. The third-order valence-corrected chi connectivity index (χ3v) is 5.77. The van der Waals surface area contributed by atoms with Crippen molar-refractivity contribution < 1.29 is 22.7 Å². The highest BCUT2D eigenvalue weighted by Gasteiger charge is 2.21. The lowest BCUT2D eigenvalue weighted by atomic mass is 10.1.